The molecule has 29 heavy (non-hydrogen) atoms. The number of carboxylic acids is 1. The summed E-state index contributed by atoms with van der Waals surface area (Å²) in [5, 5.41) is 12.6. The predicted octanol–water partition coefficient (Wildman–Crippen LogP) is 5.05. The van der Waals surface area contributed by atoms with E-state index in [1.54, 1.807) is 6.92 Å². The molecule has 160 valence electrons. The van der Waals surface area contributed by atoms with Gasteiger partial charge in [-0.3, -0.25) is 9.67 Å². The monoisotopic (exact) mass is 441 g/mol. The number of aromatic carboxylic acids is 1. The number of halogens is 6. The van der Waals surface area contributed by atoms with Crippen LogP contribution in [0.25, 0.3) is 11.4 Å². The zero-order valence-electron chi connectivity index (χ0n) is 15.5. The van der Waals surface area contributed by atoms with Crippen molar-refractivity contribution in [3.63, 3.8) is 0 Å². The van der Waals surface area contributed by atoms with Crippen LogP contribution in [0.5, 0.6) is 5.75 Å². The van der Waals surface area contributed by atoms with Crippen LogP contribution >= 0.6 is 11.6 Å². The summed E-state index contributed by atoms with van der Waals surface area (Å²) in [7, 11) is 0. The quantitative estimate of drug-likeness (QED) is 0.608. The molecule has 0 atom stereocenters. The largest absolute Gasteiger partial charge is 0.476 e. The number of pyridine rings is 1. The highest BCUT2D eigenvalue weighted by Crippen LogP contribution is 2.42. The number of carbonyl (C=O) groups is 1. The number of nitrogens with zero attached hydrogens (tertiary/aromatic N) is 3. The van der Waals surface area contributed by atoms with Crippen LogP contribution in [0.2, 0.25) is 5.02 Å². The summed E-state index contributed by atoms with van der Waals surface area (Å²) in [5.41, 5.74) is -3.01. The molecular weight excluding hydrogens is 425 g/mol. The third-order valence-corrected chi connectivity index (χ3v) is 4.52. The lowest BCUT2D eigenvalue weighted by Crippen LogP contribution is -2.34. The van der Waals surface area contributed by atoms with Crippen molar-refractivity contribution in [3.8, 4) is 17.1 Å². The Morgan fingerprint density at radius 2 is 1.97 bits per heavy atom. The van der Waals surface area contributed by atoms with Gasteiger partial charge < -0.3 is 9.84 Å². The van der Waals surface area contributed by atoms with Gasteiger partial charge in [0.2, 0.25) is 0 Å². The molecule has 0 aliphatic heterocycles. The van der Waals surface area contributed by atoms with Crippen molar-refractivity contribution in [2.24, 2.45) is 5.41 Å². The van der Waals surface area contributed by atoms with Crippen molar-refractivity contribution in [3.05, 3.63) is 28.5 Å². The molecule has 0 aliphatic carbocycles. The maximum Gasteiger partial charge on any atom is 0.394 e. The van der Waals surface area contributed by atoms with Gasteiger partial charge in [0.05, 0.1) is 5.41 Å². The molecule has 0 unspecified atom stereocenters. The molecule has 0 bridgehead atoms. The van der Waals surface area contributed by atoms with E-state index < -0.39 is 42.0 Å². The summed E-state index contributed by atoms with van der Waals surface area (Å²) < 4.78 is 70.8. The summed E-state index contributed by atoms with van der Waals surface area (Å²) >= 11 is 6.06. The van der Waals surface area contributed by atoms with Gasteiger partial charge in [0.15, 0.2) is 11.4 Å². The Kier molecular flexibility index (Phi) is 6.41. The van der Waals surface area contributed by atoms with Crippen LogP contribution in [0.15, 0.2) is 12.3 Å². The molecule has 1 N–H and O–H groups in total. The van der Waals surface area contributed by atoms with Crippen LogP contribution in [-0.4, -0.2) is 38.6 Å². The summed E-state index contributed by atoms with van der Waals surface area (Å²) in [4.78, 5) is 15.2. The van der Waals surface area contributed by atoms with E-state index in [0.29, 0.717) is 0 Å². The van der Waals surface area contributed by atoms with Crippen LogP contribution in [0.4, 0.5) is 22.0 Å². The van der Waals surface area contributed by atoms with Crippen LogP contribution < -0.4 is 4.74 Å². The van der Waals surface area contributed by atoms with Crippen molar-refractivity contribution >= 4 is 17.6 Å². The van der Waals surface area contributed by atoms with Gasteiger partial charge in [-0.1, -0.05) is 25.4 Å². The fraction of sp³-hybridized carbons (Fsp3) is 0.471. The predicted molar refractivity (Wildman–Crippen MR) is 93.3 cm³/mol. The third kappa shape index (κ3) is 4.77. The molecule has 2 aromatic heterocycles. The first-order valence-corrected chi connectivity index (χ1v) is 8.66. The zero-order chi connectivity index (χ0) is 22.1. The van der Waals surface area contributed by atoms with E-state index in [2.05, 4.69) is 14.8 Å². The van der Waals surface area contributed by atoms with Gasteiger partial charge in [-0.05, 0) is 25.0 Å². The van der Waals surface area contributed by atoms with Gasteiger partial charge >= 0.3 is 18.8 Å². The van der Waals surface area contributed by atoms with E-state index in [9.17, 15) is 31.9 Å². The summed E-state index contributed by atoms with van der Waals surface area (Å²) in [5.74, 6) is -1.98. The van der Waals surface area contributed by atoms with Crippen molar-refractivity contribution in [1.82, 2.24) is 14.8 Å². The Hall–Kier alpha value is -2.43. The number of hydrogen-bond donors (Lipinski definition) is 1. The van der Waals surface area contributed by atoms with Crippen molar-refractivity contribution < 1.29 is 36.6 Å². The number of alkyl halides is 5. The summed E-state index contributed by atoms with van der Waals surface area (Å²) in [6.45, 7) is 0.373. The Bertz CT molecular complexity index is 912. The first kappa shape index (κ1) is 22.9. The molecule has 12 heteroatoms. The molecule has 0 fully saturated rings. The highest BCUT2D eigenvalue weighted by Gasteiger charge is 2.47. The van der Waals surface area contributed by atoms with Crippen LogP contribution in [-0.2, 0) is 13.0 Å². The number of hydrogen-bond acceptors (Lipinski definition) is 4. The molecule has 2 heterocycles. The molecular formula is C17H17ClF5N3O3. The minimum atomic E-state index is -4.53. The molecule has 2 aromatic rings. The standard InChI is InChI=1S/C17H17ClF5N3O3/c1-4-26-13(10(18)12(25-26)14(27)28)11-9(29-15(19)20)5-8(7-24-11)6-16(2,3)17(21,22)23/h5,7,15H,4,6H2,1-3H3,(H,27,28). The molecule has 0 amide bonds. The Labute approximate surface area is 167 Å². The van der Waals surface area contributed by atoms with E-state index in [1.165, 1.54) is 0 Å². The summed E-state index contributed by atoms with van der Waals surface area (Å²) in [6, 6.07) is 1.01. The van der Waals surface area contributed by atoms with E-state index in [0.717, 1.165) is 30.8 Å². The van der Waals surface area contributed by atoms with Crippen molar-refractivity contribution in [2.45, 2.75) is 46.5 Å². The lowest BCUT2D eigenvalue weighted by atomic mass is 9.85. The number of ether oxygens (including phenoxy) is 1. The number of carboxylic acid groups (broad SMARTS) is 1. The average Bonchev–Trinajstić information content (AvgIpc) is 2.90. The highest BCUT2D eigenvalue weighted by molar-refractivity contribution is 6.35. The van der Waals surface area contributed by atoms with E-state index in [-0.39, 0.29) is 28.5 Å². The van der Waals surface area contributed by atoms with Crippen LogP contribution in [0, 0.1) is 5.41 Å². The topological polar surface area (TPSA) is 77.2 Å². The van der Waals surface area contributed by atoms with Crippen molar-refractivity contribution in [1.29, 1.82) is 0 Å². The molecule has 0 saturated heterocycles. The lowest BCUT2D eigenvalue weighted by Gasteiger charge is -2.27. The third-order valence-electron chi connectivity index (χ3n) is 4.16. The molecule has 0 aromatic carbocycles. The molecule has 2 rings (SSSR count). The molecule has 0 aliphatic rings. The number of aryl methyl sites for hydroxylation is 1. The fourth-order valence-electron chi connectivity index (χ4n) is 2.59. The van der Waals surface area contributed by atoms with Crippen molar-refractivity contribution in [2.75, 3.05) is 0 Å². The second-order valence-corrected chi connectivity index (χ2v) is 7.14. The minimum Gasteiger partial charge on any atom is -0.476 e. The zero-order valence-corrected chi connectivity index (χ0v) is 16.3. The Morgan fingerprint density at radius 3 is 2.45 bits per heavy atom. The van der Waals surface area contributed by atoms with Gasteiger partial charge in [-0.25, -0.2) is 4.79 Å². The minimum absolute atomic E-state index is 0.00358. The normalized spacial score (nSPS) is 12.5. The number of rotatable bonds is 7. The maximum absolute atomic E-state index is 13.1. The summed E-state index contributed by atoms with van der Waals surface area (Å²) in [6.07, 6.45) is -3.99. The first-order chi connectivity index (χ1) is 13.3. The smallest absolute Gasteiger partial charge is 0.394 e. The Balaban J connectivity index is 2.61. The molecule has 6 nitrogen and oxygen atoms in total. The lowest BCUT2D eigenvalue weighted by molar-refractivity contribution is -0.211. The average molecular weight is 442 g/mol. The maximum atomic E-state index is 13.1. The number of aromatic nitrogens is 3. The molecule has 0 saturated carbocycles. The van der Waals surface area contributed by atoms with E-state index in [4.69, 9.17) is 11.6 Å². The van der Waals surface area contributed by atoms with Crippen LogP contribution in [0.3, 0.4) is 0 Å². The van der Waals surface area contributed by atoms with E-state index in [1.807, 2.05) is 0 Å². The SMILES string of the molecule is CCn1nc(C(=O)O)c(Cl)c1-c1ncc(CC(C)(C)C(F)(F)F)cc1OC(F)F. The highest BCUT2D eigenvalue weighted by atomic mass is 35.5. The molecule has 0 radical (unpaired) electrons. The van der Waals surface area contributed by atoms with Gasteiger partial charge in [0, 0.05) is 12.7 Å². The van der Waals surface area contributed by atoms with Gasteiger partial charge in [-0.2, -0.15) is 27.1 Å². The van der Waals surface area contributed by atoms with Gasteiger partial charge in [0.1, 0.15) is 16.4 Å². The molecule has 0 spiro atoms. The second kappa shape index (κ2) is 8.13. The van der Waals surface area contributed by atoms with Crippen LogP contribution in [0.1, 0.15) is 36.8 Å². The Morgan fingerprint density at radius 1 is 1.34 bits per heavy atom. The second-order valence-electron chi connectivity index (χ2n) is 6.76. The fourth-order valence-corrected chi connectivity index (χ4v) is 2.89. The van der Waals surface area contributed by atoms with Gasteiger partial charge in [-0.15, -0.1) is 0 Å². The first-order valence-electron chi connectivity index (χ1n) is 8.29. The van der Waals surface area contributed by atoms with E-state index >= 15 is 0 Å². The van der Waals surface area contributed by atoms with Gasteiger partial charge in [0.25, 0.3) is 0 Å².